The molecule has 0 heterocycles. The minimum atomic E-state index is -0.516. The Morgan fingerprint density at radius 2 is 2.12 bits per heavy atom. The number of carbonyl (C=O) groups is 1. The van der Waals surface area contributed by atoms with Crippen LogP contribution in [0.5, 0.6) is 0 Å². The molecule has 0 saturated heterocycles. The molecule has 1 aromatic carbocycles. The van der Waals surface area contributed by atoms with E-state index >= 15 is 0 Å². The average molecular weight is 242 g/mol. The van der Waals surface area contributed by atoms with Crippen molar-refractivity contribution in [2.24, 2.45) is 11.5 Å². The Kier molecular flexibility index (Phi) is 3.78. The SMILES string of the molecule is CC(C)(CN)Nc1ccc(Cl)cc1C(N)=O. The Morgan fingerprint density at radius 3 is 2.62 bits per heavy atom. The number of hydrogen-bond donors (Lipinski definition) is 3. The predicted octanol–water partition coefficient (Wildman–Crippen LogP) is 1.59. The van der Waals surface area contributed by atoms with Crippen molar-refractivity contribution in [1.29, 1.82) is 0 Å². The van der Waals surface area contributed by atoms with Crippen molar-refractivity contribution in [3.63, 3.8) is 0 Å². The first-order valence-corrected chi connectivity index (χ1v) is 5.31. The molecule has 0 saturated carbocycles. The number of amides is 1. The number of primary amides is 1. The Morgan fingerprint density at radius 1 is 1.50 bits per heavy atom. The van der Waals surface area contributed by atoms with Gasteiger partial charge in [-0.05, 0) is 32.0 Å². The van der Waals surface area contributed by atoms with Gasteiger partial charge in [-0.15, -0.1) is 0 Å². The summed E-state index contributed by atoms with van der Waals surface area (Å²) in [4.78, 5) is 11.2. The first-order valence-electron chi connectivity index (χ1n) is 4.93. The van der Waals surface area contributed by atoms with Gasteiger partial charge in [0.1, 0.15) is 0 Å². The summed E-state index contributed by atoms with van der Waals surface area (Å²) in [5, 5.41) is 3.64. The molecule has 5 heteroatoms. The smallest absolute Gasteiger partial charge is 0.250 e. The van der Waals surface area contributed by atoms with Gasteiger partial charge in [0.25, 0.3) is 5.91 Å². The molecule has 0 aliphatic carbocycles. The molecule has 0 spiro atoms. The highest BCUT2D eigenvalue weighted by Crippen LogP contribution is 2.23. The van der Waals surface area contributed by atoms with E-state index in [0.717, 1.165) is 0 Å². The number of benzene rings is 1. The average Bonchev–Trinajstić information content (AvgIpc) is 2.20. The fourth-order valence-electron chi connectivity index (χ4n) is 1.24. The van der Waals surface area contributed by atoms with Crippen LogP contribution in [-0.4, -0.2) is 18.0 Å². The Labute approximate surface area is 100.0 Å². The van der Waals surface area contributed by atoms with Crippen molar-refractivity contribution in [1.82, 2.24) is 0 Å². The summed E-state index contributed by atoms with van der Waals surface area (Å²) < 4.78 is 0. The van der Waals surface area contributed by atoms with Gasteiger partial charge in [0.05, 0.1) is 5.56 Å². The number of nitrogens with two attached hydrogens (primary N) is 2. The van der Waals surface area contributed by atoms with Crippen LogP contribution in [0.2, 0.25) is 5.02 Å². The van der Waals surface area contributed by atoms with E-state index in [2.05, 4.69) is 5.32 Å². The highest BCUT2D eigenvalue weighted by atomic mass is 35.5. The van der Waals surface area contributed by atoms with E-state index in [-0.39, 0.29) is 5.54 Å². The zero-order valence-corrected chi connectivity index (χ0v) is 10.1. The Bertz CT molecular complexity index is 404. The van der Waals surface area contributed by atoms with E-state index in [0.29, 0.717) is 22.8 Å². The normalized spacial score (nSPS) is 11.2. The van der Waals surface area contributed by atoms with Crippen LogP contribution in [0.3, 0.4) is 0 Å². The van der Waals surface area contributed by atoms with Gasteiger partial charge in [-0.3, -0.25) is 4.79 Å². The molecule has 1 aromatic rings. The lowest BCUT2D eigenvalue weighted by Gasteiger charge is -2.26. The lowest BCUT2D eigenvalue weighted by molar-refractivity contribution is 0.100. The maximum Gasteiger partial charge on any atom is 0.250 e. The lowest BCUT2D eigenvalue weighted by atomic mass is 10.0. The fourth-order valence-corrected chi connectivity index (χ4v) is 1.42. The third-order valence-corrected chi connectivity index (χ3v) is 2.47. The van der Waals surface area contributed by atoms with Crippen LogP contribution in [0.1, 0.15) is 24.2 Å². The Hall–Kier alpha value is -1.26. The number of anilines is 1. The standard InChI is InChI=1S/C11H16ClN3O/c1-11(2,6-13)15-9-4-3-7(12)5-8(9)10(14)16/h3-5,15H,6,13H2,1-2H3,(H2,14,16). The summed E-state index contributed by atoms with van der Waals surface area (Å²) in [7, 11) is 0. The second-order valence-electron chi connectivity index (χ2n) is 4.27. The first-order chi connectivity index (χ1) is 7.35. The minimum absolute atomic E-state index is 0.308. The fraction of sp³-hybridized carbons (Fsp3) is 0.364. The summed E-state index contributed by atoms with van der Waals surface area (Å²) in [5.41, 5.74) is 11.6. The van der Waals surface area contributed by atoms with Gasteiger partial charge < -0.3 is 16.8 Å². The van der Waals surface area contributed by atoms with Crippen molar-refractivity contribution in [2.75, 3.05) is 11.9 Å². The van der Waals surface area contributed by atoms with Crippen LogP contribution < -0.4 is 16.8 Å². The minimum Gasteiger partial charge on any atom is -0.378 e. The molecule has 0 radical (unpaired) electrons. The largest absolute Gasteiger partial charge is 0.378 e. The third-order valence-electron chi connectivity index (χ3n) is 2.23. The molecule has 88 valence electrons. The number of rotatable bonds is 4. The van der Waals surface area contributed by atoms with E-state index in [1.807, 2.05) is 13.8 Å². The molecular weight excluding hydrogens is 226 g/mol. The summed E-state index contributed by atoms with van der Waals surface area (Å²) in [6, 6.07) is 4.96. The molecular formula is C11H16ClN3O. The predicted molar refractivity (Wildman–Crippen MR) is 66.7 cm³/mol. The molecule has 16 heavy (non-hydrogen) atoms. The van der Waals surface area contributed by atoms with Crippen molar-refractivity contribution >= 4 is 23.2 Å². The maximum absolute atomic E-state index is 11.2. The van der Waals surface area contributed by atoms with Crippen molar-refractivity contribution < 1.29 is 4.79 Å². The monoisotopic (exact) mass is 241 g/mol. The summed E-state index contributed by atoms with van der Waals surface area (Å²) >= 11 is 5.81. The van der Waals surface area contributed by atoms with Crippen LogP contribution in [0, 0.1) is 0 Å². The topological polar surface area (TPSA) is 81.1 Å². The van der Waals surface area contributed by atoms with Gasteiger partial charge in [0.2, 0.25) is 0 Å². The van der Waals surface area contributed by atoms with Gasteiger partial charge in [0, 0.05) is 22.8 Å². The molecule has 0 bridgehead atoms. The van der Waals surface area contributed by atoms with Crippen LogP contribution in [0.4, 0.5) is 5.69 Å². The summed E-state index contributed by atoms with van der Waals surface area (Å²) in [6.45, 7) is 4.31. The molecule has 0 aromatic heterocycles. The second-order valence-corrected chi connectivity index (χ2v) is 4.70. The zero-order valence-electron chi connectivity index (χ0n) is 9.38. The molecule has 0 aliphatic heterocycles. The maximum atomic E-state index is 11.2. The number of hydrogen-bond acceptors (Lipinski definition) is 3. The van der Waals surface area contributed by atoms with Crippen molar-refractivity contribution in [2.45, 2.75) is 19.4 Å². The lowest BCUT2D eigenvalue weighted by Crippen LogP contribution is -2.39. The van der Waals surface area contributed by atoms with Gasteiger partial charge in [-0.2, -0.15) is 0 Å². The van der Waals surface area contributed by atoms with E-state index in [1.54, 1.807) is 18.2 Å². The van der Waals surface area contributed by atoms with Crippen LogP contribution >= 0.6 is 11.6 Å². The molecule has 4 nitrogen and oxygen atoms in total. The van der Waals surface area contributed by atoms with Crippen molar-refractivity contribution in [3.05, 3.63) is 28.8 Å². The molecule has 0 fully saturated rings. The molecule has 0 atom stereocenters. The van der Waals surface area contributed by atoms with Crippen molar-refractivity contribution in [3.8, 4) is 0 Å². The quantitative estimate of drug-likeness (QED) is 0.749. The van der Waals surface area contributed by atoms with E-state index in [9.17, 15) is 4.79 Å². The van der Waals surface area contributed by atoms with E-state index < -0.39 is 5.91 Å². The molecule has 0 aliphatic rings. The van der Waals surface area contributed by atoms with Crippen LogP contribution in [-0.2, 0) is 0 Å². The number of halogens is 1. The van der Waals surface area contributed by atoms with Crippen LogP contribution in [0.25, 0.3) is 0 Å². The van der Waals surface area contributed by atoms with Gasteiger partial charge in [-0.25, -0.2) is 0 Å². The second kappa shape index (κ2) is 4.72. The molecule has 1 amide bonds. The summed E-state index contributed by atoms with van der Waals surface area (Å²) in [5.74, 6) is -0.516. The molecule has 0 unspecified atom stereocenters. The highest BCUT2D eigenvalue weighted by Gasteiger charge is 2.18. The summed E-state index contributed by atoms with van der Waals surface area (Å²) in [6.07, 6.45) is 0. The van der Waals surface area contributed by atoms with Gasteiger partial charge in [-0.1, -0.05) is 11.6 Å². The first kappa shape index (κ1) is 12.8. The van der Waals surface area contributed by atoms with Gasteiger partial charge in [0.15, 0.2) is 0 Å². The Balaban J connectivity index is 3.09. The third kappa shape index (κ3) is 3.12. The van der Waals surface area contributed by atoms with E-state index in [1.165, 1.54) is 0 Å². The number of carbonyl (C=O) groups excluding carboxylic acids is 1. The molecule has 5 N–H and O–H groups in total. The highest BCUT2D eigenvalue weighted by molar-refractivity contribution is 6.31. The van der Waals surface area contributed by atoms with Crippen LogP contribution in [0.15, 0.2) is 18.2 Å². The number of nitrogens with one attached hydrogen (secondary N) is 1. The molecule has 1 rings (SSSR count). The zero-order chi connectivity index (χ0) is 12.3. The van der Waals surface area contributed by atoms with E-state index in [4.69, 9.17) is 23.1 Å². The van der Waals surface area contributed by atoms with Gasteiger partial charge >= 0.3 is 0 Å².